The van der Waals surface area contributed by atoms with Gasteiger partial charge in [0.2, 0.25) is 0 Å². The molecule has 0 saturated carbocycles. The minimum absolute atomic E-state index is 0.0385. The third kappa shape index (κ3) is 4.30. The summed E-state index contributed by atoms with van der Waals surface area (Å²) in [4.78, 5) is 39.0. The summed E-state index contributed by atoms with van der Waals surface area (Å²) in [6, 6.07) is 2.41. The summed E-state index contributed by atoms with van der Waals surface area (Å²) in [5, 5.41) is 23.8. The van der Waals surface area contributed by atoms with Crippen molar-refractivity contribution >= 4 is 18.0 Å². The molecule has 212 valence electrons. The Labute approximate surface area is 225 Å². The molecule has 1 saturated heterocycles. The fraction of sp³-hybridized carbons (Fsp3) is 0.593. The molecule has 0 radical (unpaired) electrons. The number of hydrogen-bond donors (Lipinski definition) is 3. The number of likely N-dealkylation sites (N-methyl/N-ethyl adjacent to an activating group) is 1. The molecular weight excluding hydrogens is 512 g/mol. The Morgan fingerprint density at radius 3 is 2.77 bits per heavy atom. The first kappa shape index (κ1) is 27.2. The van der Waals surface area contributed by atoms with Crippen LogP contribution in [0.25, 0.3) is 0 Å². The number of alkyl carbamates (subject to hydrolysis) is 1. The summed E-state index contributed by atoms with van der Waals surface area (Å²) < 4.78 is 27.7. The predicted octanol–water partition coefficient (Wildman–Crippen LogP) is 1.12. The second-order valence-electron chi connectivity index (χ2n) is 10.5. The van der Waals surface area contributed by atoms with E-state index in [1.165, 1.54) is 7.11 Å². The normalized spacial score (nSPS) is 28.9. The van der Waals surface area contributed by atoms with Crippen LogP contribution in [-0.2, 0) is 35.6 Å². The zero-order chi connectivity index (χ0) is 27.9. The minimum atomic E-state index is -1.28. The van der Waals surface area contributed by atoms with E-state index in [0.717, 1.165) is 11.1 Å². The Bertz CT molecular complexity index is 1200. The zero-order valence-electron chi connectivity index (χ0n) is 22.2. The largest absolute Gasteiger partial charge is 0.493 e. The number of nitrogens with zero attached hydrogens (tertiary/aromatic N) is 1. The standard InChI is InChI=1S/C27H34N2O10/c1-29-11-10-26-21-15-4-6-17(36-3)22(21)39-23(26)18(8-9-27(26,34)19(29)14-15)38-24(32)16(5-7-20(30)31)28-25(33)37-13-12-35-2/h4,6,8,16,19,23,34H,5,7,9-14H2,1-3H3,(H,28,33)(H,30,31)/t16?,19-,23+,26+,27-/m1/s1. The number of carboxylic acids is 1. The van der Waals surface area contributed by atoms with Gasteiger partial charge in [0, 0.05) is 31.6 Å². The van der Waals surface area contributed by atoms with Gasteiger partial charge < -0.3 is 44.1 Å². The molecule has 1 spiro atoms. The maximum atomic E-state index is 13.3. The molecular formula is C27H34N2O10. The van der Waals surface area contributed by atoms with Gasteiger partial charge in [0.15, 0.2) is 17.6 Å². The van der Waals surface area contributed by atoms with Crippen molar-refractivity contribution in [3.8, 4) is 11.5 Å². The maximum Gasteiger partial charge on any atom is 0.407 e. The SMILES string of the molecule is COCCOC(=O)NC(CCC(=O)O)C(=O)OC1=CC[C@@]2(O)[C@H]3Cc4ccc(OC)c5c4[C@@]2(CCN3C)[C@H]1O5. The van der Waals surface area contributed by atoms with Crippen LogP contribution in [0.5, 0.6) is 11.5 Å². The highest BCUT2D eigenvalue weighted by molar-refractivity contribution is 5.83. The number of aliphatic carboxylic acids is 1. The van der Waals surface area contributed by atoms with Gasteiger partial charge in [-0.3, -0.25) is 4.79 Å². The molecule has 4 aliphatic rings. The summed E-state index contributed by atoms with van der Waals surface area (Å²) in [6.07, 6.45) is 0.828. The molecule has 1 amide bonds. The molecule has 12 heteroatoms. The Hall–Kier alpha value is -3.35. The fourth-order valence-electron chi connectivity index (χ4n) is 6.69. The smallest absolute Gasteiger partial charge is 0.407 e. The number of ether oxygens (including phenoxy) is 5. The average molecular weight is 547 g/mol. The lowest BCUT2D eigenvalue weighted by molar-refractivity contribution is -0.170. The van der Waals surface area contributed by atoms with E-state index in [4.69, 9.17) is 28.8 Å². The van der Waals surface area contributed by atoms with Crippen LogP contribution in [0.4, 0.5) is 4.79 Å². The molecule has 1 aromatic carbocycles. The van der Waals surface area contributed by atoms with Crippen molar-refractivity contribution in [1.82, 2.24) is 10.2 Å². The number of aliphatic hydroxyl groups is 1. The summed E-state index contributed by atoms with van der Waals surface area (Å²) in [6.45, 7) is 0.834. The summed E-state index contributed by atoms with van der Waals surface area (Å²) in [7, 11) is 5.00. The lowest BCUT2D eigenvalue weighted by Gasteiger charge is -2.61. The van der Waals surface area contributed by atoms with Gasteiger partial charge in [-0.2, -0.15) is 0 Å². The molecule has 2 aliphatic heterocycles. The summed E-state index contributed by atoms with van der Waals surface area (Å²) in [5.74, 6) is -0.693. The highest BCUT2D eigenvalue weighted by Crippen LogP contribution is 2.65. The number of benzene rings is 1. The zero-order valence-corrected chi connectivity index (χ0v) is 22.2. The van der Waals surface area contributed by atoms with Gasteiger partial charge in [0.25, 0.3) is 0 Å². The Morgan fingerprint density at radius 2 is 2.05 bits per heavy atom. The van der Waals surface area contributed by atoms with Crippen molar-refractivity contribution in [3.05, 3.63) is 35.1 Å². The van der Waals surface area contributed by atoms with Gasteiger partial charge in [-0.1, -0.05) is 6.07 Å². The first-order chi connectivity index (χ1) is 18.7. The maximum absolute atomic E-state index is 13.3. The van der Waals surface area contributed by atoms with Crippen molar-refractivity contribution in [2.45, 2.75) is 61.3 Å². The number of methoxy groups -OCH3 is 2. The quantitative estimate of drug-likeness (QED) is 0.286. The van der Waals surface area contributed by atoms with Crippen molar-refractivity contribution < 1.29 is 48.3 Å². The van der Waals surface area contributed by atoms with Gasteiger partial charge in [-0.15, -0.1) is 0 Å². The fourth-order valence-corrected chi connectivity index (χ4v) is 6.69. The van der Waals surface area contributed by atoms with Gasteiger partial charge >= 0.3 is 18.0 Å². The highest BCUT2D eigenvalue weighted by Gasteiger charge is 2.72. The molecule has 39 heavy (non-hydrogen) atoms. The number of carboxylic acid groups (broad SMARTS) is 1. The van der Waals surface area contributed by atoms with Crippen LogP contribution in [0.3, 0.4) is 0 Å². The molecule has 2 heterocycles. The number of nitrogens with one attached hydrogen (secondary N) is 1. The predicted molar refractivity (Wildman–Crippen MR) is 135 cm³/mol. The van der Waals surface area contributed by atoms with Crippen molar-refractivity contribution in [2.24, 2.45) is 0 Å². The lowest BCUT2D eigenvalue weighted by atomic mass is 9.50. The number of piperidine rings is 1. The molecule has 5 atom stereocenters. The minimum Gasteiger partial charge on any atom is -0.493 e. The highest BCUT2D eigenvalue weighted by atomic mass is 16.6. The van der Waals surface area contributed by atoms with Gasteiger partial charge in [0.1, 0.15) is 18.4 Å². The molecule has 2 aliphatic carbocycles. The van der Waals surface area contributed by atoms with Crippen LogP contribution in [0.15, 0.2) is 24.0 Å². The van der Waals surface area contributed by atoms with E-state index in [9.17, 15) is 19.5 Å². The van der Waals surface area contributed by atoms with E-state index in [0.29, 0.717) is 30.9 Å². The van der Waals surface area contributed by atoms with Crippen LogP contribution in [-0.4, -0.2) is 98.0 Å². The van der Waals surface area contributed by atoms with E-state index in [1.807, 2.05) is 19.2 Å². The molecule has 12 nitrogen and oxygen atoms in total. The second kappa shape index (κ2) is 10.3. The van der Waals surface area contributed by atoms with Crippen molar-refractivity contribution in [2.75, 3.05) is 41.0 Å². The van der Waals surface area contributed by atoms with Crippen LogP contribution < -0.4 is 14.8 Å². The van der Waals surface area contributed by atoms with Crippen LogP contribution in [0, 0.1) is 0 Å². The molecule has 2 bridgehead atoms. The van der Waals surface area contributed by atoms with Crippen molar-refractivity contribution in [3.63, 3.8) is 0 Å². The van der Waals surface area contributed by atoms with Gasteiger partial charge in [-0.05, 0) is 50.6 Å². The van der Waals surface area contributed by atoms with Crippen LogP contribution in [0.2, 0.25) is 0 Å². The second-order valence-corrected chi connectivity index (χ2v) is 10.5. The third-order valence-corrected chi connectivity index (χ3v) is 8.52. The lowest BCUT2D eigenvalue weighted by Crippen LogP contribution is -2.74. The molecule has 3 N–H and O–H groups in total. The average Bonchev–Trinajstić information content (AvgIpc) is 3.26. The molecule has 0 aromatic heterocycles. The van der Waals surface area contributed by atoms with Crippen LogP contribution >= 0.6 is 0 Å². The van der Waals surface area contributed by atoms with E-state index in [-0.39, 0.29) is 44.3 Å². The first-order valence-corrected chi connectivity index (χ1v) is 13.0. The van der Waals surface area contributed by atoms with Crippen molar-refractivity contribution in [1.29, 1.82) is 0 Å². The first-order valence-electron chi connectivity index (χ1n) is 13.0. The summed E-state index contributed by atoms with van der Waals surface area (Å²) in [5.41, 5.74) is -0.0867. The molecule has 1 unspecified atom stereocenters. The number of rotatable bonds is 10. The molecule has 5 rings (SSSR count). The summed E-state index contributed by atoms with van der Waals surface area (Å²) >= 11 is 0. The van der Waals surface area contributed by atoms with E-state index < -0.39 is 41.2 Å². The van der Waals surface area contributed by atoms with E-state index in [1.54, 1.807) is 13.2 Å². The van der Waals surface area contributed by atoms with E-state index in [2.05, 4.69) is 10.2 Å². The Morgan fingerprint density at radius 1 is 1.26 bits per heavy atom. The Balaban J connectivity index is 1.45. The number of esters is 1. The Kier molecular flexibility index (Phi) is 7.21. The molecule has 1 aromatic rings. The topological polar surface area (TPSA) is 153 Å². The van der Waals surface area contributed by atoms with E-state index >= 15 is 0 Å². The number of hydrogen-bond acceptors (Lipinski definition) is 10. The number of carbonyl (C=O) groups is 3. The monoisotopic (exact) mass is 546 g/mol. The number of likely N-dealkylation sites (tertiary alicyclic amines) is 1. The van der Waals surface area contributed by atoms with Gasteiger partial charge in [-0.25, -0.2) is 9.59 Å². The molecule has 1 fully saturated rings. The van der Waals surface area contributed by atoms with Crippen LogP contribution in [0.1, 0.15) is 36.8 Å². The number of carbonyl (C=O) groups excluding carboxylic acids is 2. The number of amides is 1. The van der Waals surface area contributed by atoms with Gasteiger partial charge in [0.05, 0.1) is 24.7 Å². The third-order valence-electron chi connectivity index (χ3n) is 8.52.